The number of aliphatic hydroxyl groups excluding tert-OH is 1. The zero-order valence-corrected chi connectivity index (χ0v) is 10.1. The van der Waals surface area contributed by atoms with E-state index in [4.69, 9.17) is 0 Å². The molecule has 1 aromatic rings. The molecule has 1 atom stereocenters. The average molecular weight is 233 g/mol. The van der Waals surface area contributed by atoms with Gasteiger partial charge < -0.3 is 10.4 Å². The van der Waals surface area contributed by atoms with Gasteiger partial charge in [-0.3, -0.25) is 4.79 Å². The van der Waals surface area contributed by atoms with E-state index in [1.54, 1.807) is 6.92 Å². The highest BCUT2D eigenvalue weighted by Gasteiger charge is 2.20. The lowest BCUT2D eigenvalue weighted by molar-refractivity contribution is -0.117. The second-order valence-electron chi connectivity index (χ2n) is 4.85. The second kappa shape index (κ2) is 5.32. The number of amides is 1. The van der Waals surface area contributed by atoms with E-state index in [9.17, 15) is 9.90 Å². The van der Waals surface area contributed by atoms with Gasteiger partial charge in [0.15, 0.2) is 0 Å². The Labute approximate surface area is 102 Å². The van der Waals surface area contributed by atoms with E-state index in [2.05, 4.69) is 5.32 Å². The third-order valence-corrected chi connectivity index (χ3v) is 3.38. The molecule has 2 N–H and O–H groups in total. The monoisotopic (exact) mass is 233 g/mol. The first-order valence-corrected chi connectivity index (χ1v) is 6.23. The van der Waals surface area contributed by atoms with Crippen LogP contribution in [0.1, 0.15) is 44.3 Å². The second-order valence-corrected chi connectivity index (χ2v) is 4.85. The number of hydrogen-bond donors (Lipinski definition) is 2. The molecule has 0 radical (unpaired) electrons. The summed E-state index contributed by atoms with van der Waals surface area (Å²) >= 11 is 0. The predicted octanol–water partition coefficient (Wildman–Crippen LogP) is 2.87. The molecule has 1 saturated carbocycles. The number of rotatable bonds is 4. The number of carbonyl (C=O) groups is 1. The molecule has 1 aromatic carbocycles. The van der Waals surface area contributed by atoms with E-state index < -0.39 is 6.10 Å². The van der Waals surface area contributed by atoms with Crippen molar-refractivity contribution in [1.82, 2.24) is 0 Å². The molecular weight excluding hydrogens is 214 g/mol. The Kier molecular flexibility index (Phi) is 3.79. The van der Waals surface area contributed by atoms with Crippen molar-refractivity contribution in [3.8, 4) is 0 Å². The molecule has 0 aromatic heterocycles. The van der Waals surface area contributed by atoms with Crippen molar-refractivity contribution in [2.24, 2.45) is 5.92 Å². The van der Waals surface area contributed by atoms with E-state index in [1.807, 2.05) is 24.3 Å². The maximum Gasteiger partial charge on any atom is 0.224 e. The summed E-state index contributed by atoms with van der Waals surface area (Å²) in [4.78, 5) is 11.7. The molecule has 92 valence electrons. The lowest BCUT2D eigenvalue weighted by atomic mass is 9.83. The van der Waals surface area contributed by atoms with Crippen molar-refractivity contribution in [1.29, 1.82) is 0 Å². The number of aliphatic hydroxyl groups is 1. The van der Waals surface area contributed by atoms with E-state index in [1.165, 1.54) is 19.3 Å². The first-order valence-electron chi connectivity index (χ1n) is 6.23. The molecule has 0 spiro atoms. The van der Waals surface area contributed by atoms with E-state index >= 15 is 0 Å². The number of nitrogens with one attached hydrogen (secondary N) is 1. The van der Waals surface area contributed by atoms with Gasteiger partial charge in [-0.25, -0.2) is 0 Å². The van der Waals surface area contributed by atoms with Gasteiger partial charge in [-0.05, 0) is 43.4 Å². The topological polar surface area (TPSA) is 49.3 Å². The summed E-state index contributed by atoms with van der Waals surface area (Å²) in [5, 5.41) is 12.3. The summed E-state index contributed by atoms with van der Waals surface area (Å²) in [6.45, 7) is 1.73. The van der Waals surface area contributed by atoms with Gasteiger partial charge in [0.1, 0.15) is 0 Å². The van der Waals surface area contributed by atoms with Crippen LogP contribution in [0.4, 0.5) is 5.69 Å². The summed E-state index contributed by atoms with van der Waals surface area (Å²) in [7, 11) is 0. The van der Waals surface area contributed by atoms with Crippen LogP contribution in [0.25, 0.3) is 0 Å². The van der Waals surface area contributed by atoms with Crippen LogP contribution >= 0.6 is 0 Å². The lowest BCUT2D eigenvalue weighted by Gasteiger charge is -2.24. The van der Waals surface area contributed by atoms with Gasteiger partial charge in [-0.2, -0.15) is 0 Å². The van der Waals surface area contributed by atoms with Gasteiger partial charge in [-0.15, -0.1) is 0 Å². The van der Waals surface area contributed by atoms with Crippen LogP contribution in [-0.4, -0.2) is 11.0 Å². The van der Waals surface area contributed by atoms with Gasteiger partial charge in [0.2, 0.25) is 5.91 Å². The average Bonchev–Trinajstić information content (AvgIpc) is 2.24. The third-order valence-electron chi connectivity index (χ3n) is 3.38. The summed E-state index contributed by atoms with van der Waals surface area (Å²) < 4.78 is 0. The van der Waals surface area contributed by atoms with Gasteiger partial charge in [-0.1, -0.05) is 18.6 Å². The zero-order valence-electron chi connectivity index (χ0n) is 10.1. The summed E-state index contributed by atoms with van der Waals surface area (Å²) in [6, 6.07) is 7.34. The maximum atomic E-state index is 11.7. The largest absolute Gasteiger partial charge is 0.389 e. The fourth-order valence-electron chi connectivity index (χ4n) is 2.02. The van der Waals surface area contributed by atoms with Crippen LogP contribution in [0, 0.1) is 5.92 Å². The molecule has 2 rings (SSSR count). The molecule has 0 heterocycles. The third kappa shape index (κ3) is 3.30. The lowest BCUT2D eigenvalue weighted by Crippen LogP contribution is -2.20. The van der Waals surface area contributed by atoms with Gasteiger partial charge in [0.25, 0.3) is 0 Å². The van der Waals surface area contributed by atoms with Crippen LogP contribution in [-0.2, 0) is 4.79 Å². The SMILES string of the molecule is CC(O)c1ccc(NC(=O)CC2CCC2)cc1. The molecule has 0 aliphatic heterocycles. The minimum absolute atomic E-state index is 0.0968. The van der Waals surface area contributed by atoms with Crippen molar-refractivity contribution in [3.05, 3.63) is 29.8 Å². The Balaban J connectivity index is 1.87. The Morgan fingerprint density at radius 3 is 2.53 bits per heavy atom. The predicted molar refractivity (Wildman–Crippen MR) is 67.7 cm³/mol. The van der Waals surface area contributed by atoms with Crippen molar-refractivity contribution >= 4 is 11.6 Å². The molecule has 1 aliphatic carbocycles. The minimum atomic E-state index is -0.463. The summed E-state index contributed by atoms with van der Waals surface area (Å²) in [6.07, 6.45) is 3.82. The Hall–Kier alpha value is -1.35. The van der Waals surface area contributed by atoms with Gasteiger partial charge in [0, 0.05) is 12.1 Å². The van der Waals surface area contributed by atoms with Crippen LogP contribution < -0.4 is 5.32 Å². The molecular formula is C14H19NO2. The molecule has 0 saturated heterocycles. The fraction of sp³-hybridized carbons (Fsp3) is 0.500. The number of benzene rings is 1. The molecule has 1 amide bonds. The van der Waals surface area contributed by atoms with Crippen molar-refractivity contribution < 1.29 is 9.90 Å². The highest BCUT2D eigenvalue weighted by Crippen LogP contribution is 2.29. The van der Waals surface area contributed by atoms with E-state index in [0.29, 0.717) is 12.3 Å². The molecule has 1 unspecified atom stereocenters. The van der Waals surface area contributed by atoms with Crippen LogP contribution in [0.5, 0.6) is 0 Å². The smallest absolute Gasteiger partial charge is 0.224 e. The van der Waals surface area contributed by atoms with E-state index in [-0.39, 0.29) is 5.91 Å². The quantitative estimate of drug-likeness (QED) is 0.840. The van der Waals surface area contributed by atoms with Crippen LogP contribution in [0.15, 0.2) is 24.3 Å². The molecule has 0 bridgehead atoms. The Bertz CT molecular complexity index is 380. The first kappa shape index (κ1) is 12.1. The van der Waals surface area contributed by atoms with Crippen LogP contribution in [0.2, 0.25) is 0 Å². The first-order chi connectivity index (χ1) is 8.15. The number of hydrogen-bond acceptors (Lipinski definition) is 2. The standard InChI is InChI=1S/C14H19NO2/c1-10(16)12-5-7-13(8-6-12)15-14(17)9-11-3-2-4-11/h5-8,10-11,16H,2-4,9H2,1H3,(H,15,17). The van der Waals surface area contributed by atoms with Gasteiger partial charge in [0.05, 0.1) is 6.10 Å². The van der Waals surface area contributed by atoms with Crippen molar-refractivity contribution in [2.75, 3.05) is 5.32 Å². The molecule has 3 nitrogen and oxygen atoms in total. The highest BCUT2D eigenvalue weighted by molar-refractivity contribution is 5.90. The molecule has 3 heteroatoms. The Morgan fingerprint density at radius 1 is 1.41 bits per heavy atom. The number of carbonyl (C=O) groups excluding carboxylic acids is 1. The molecule has 1 aliphatic rings. The van der Waals surface area contributed by atoms with Crippen LogP contribution in [0.3, 0.4) is 0 Å². The summed E-state index contributed by atoms with van der Waals surface area (Å²) in [5.41, 5.74) is 1.67. The summed E-state index contributed by atoms with van der Waals surface area (Å²) in [5.74, 6) is 0.686. The minimum Gasteiger partial charge on any atom is -0.389 e. The van der Waals surface area contributed by atoms with Crippen molar-refractivity contribution in [2.45, 2.75) is 38.7 Å². The maximum absolute atomic E-state index is 11.7. The normalized spacial score (nSPS) is 17.3. The Morgan fingerprint density at radius 2 is 2.06 bits per heavy atom. The number of anilines is 1. The van der Waals surface area contributed by atoms with Crippen molar-refractivity contribution in [3.63, 3.8) is 0 Å². The fourth-order valence-corrected chi connectivity index (χ4v) is 2.02. The molecule has 17 heavy (non-hydrogen) atoms. The highest BCUT2D eigenvalue weighted by atomic mass is 16.3. The zero-order chi connectivity index (χ0) is 12.3. The van der Waals surface area contributed by atoms with Gasteiger partial charge >= 0.3 is 0 Å². The molecule has 1 fully saturated rings. The van der Waals surface area contributed by atoms with E-state index in [0.717, 1.165) is 11.3 Å².